The normalized spacial score (nSPS) is 9.62. The lowest BCUT2D eigenvalue weighted by Crippen LogP contribution is -2.28. The van der Waals surface area contributed by atoms with Crippen molar-refractivity contribution in [3.05, 3.63) is 28.8 Å². The third-order valence-electron chi connectivity index (χ3n) is 1.80. The number of amides is 2. The summed E-state index contributed by atoms with van der Waals surface area (Å²) in [5.41, 5.74) is 0.448. The third-order valence-corrected chi connectivity index (χ3v) is 2.11. The van der Waals surface area contributed by atoms with Gasteiger partial charge in [-0.25, -0.2) is 9.59 Å². The van der Waals surface area contributed by atoms with Crippen molar-refractivity contribution in [2.24, 2.45) is 0 Å². The molecule has 0 spiro atoms. The van der Waals surface area contributed by atoms with Gasteiger partial charge in [-0.1, -0.05) is 11.6 Å². The highest BCUT2D eigenvalue weighted by Gasteiger charge is 2.08. The number of carboxylic acids is 1. The Morgan fingerprint density at radius 2 is 2.12 bits per heavy atom. The second-order valence-corrected chi connectivity index (χ2v) is 3.39. The van der Waals surface area contributed by atoms with E-state index in [-0.39, 0.29) is 16.6 Å². The van der Waals surface area contributed by atoms with E-state index in [1.807, 2.05) is 0 Å². The molecule has 1 aromatic rings. The summed E-state index contributed by atoms with van der Waals surface area (Å²) in [6.07, 6.45) is 0. The standard InChI is InChI=1S/C10H11ClN2O3/c1-2-12-10(16)13-8-4-3-6(9(14)15)5-7(8)11/h3-5H,2H2,1H3,(H,14,15)(H2,12,13,16). The molecule has 3 N–H and O–H groups in total. The average molecular weight is 243 g/mol. The summed E-state index contributed by atoms with van der Waals surface area (Å²) >= 11 is 5.81. The molecule has 0 aliphatic heterocycles. The van der Waals surface area contributed by atoms with Gasteiger partial charge in [0.15, 0.2) is 0 Å². The number of urea groups is 1. The van der Waals surface area contributed by atoms with E-state index in [1.54, 1.807) is 6.92 Å². The van der Waals surface area contributed by atoms with Gasteiger partial charge in [0, 0.05) is 6.54 Å². The smallest absolute Gasteiger partial charge is 0.335 e. The first-order valence-electron chi connectivity index (χ1n) is 4.62. The summed E-state index contributed by atoms with van der Waals surface area (Å²) in [4.78, 5) is 21.8. The van der Waals surface area contributed by atoms with E-state index in [2.05, 4.69) is 10.6 Å². The molecule has 0 unspecified atom stereocenters. The molecule has 1 rings (SSSR count). The van der Waals surface area contributed by atoms with Crippen molar-refractivity contribution in [3.8, 4) is 0 Å². The van der Waals surface area contributed by atoms with Crippen molar-refractivity contribution in [2.75, 3.05) is 11.9 Å². The maximum atomic E-state index is 11.2. The predicted molar refractivity (Wildman–Crippen MR) is 61.1 cm³/mol. The largest absolute Gasteiger partial charge is 0.478 e. The topological polar surface area (TPSA) is 78.4 Å². The number of carbonyl (C=O) groups excluding carboxylic acids is 1. The molecular formula is C10H11ClN2O3. The van der Waals surface area contributed by atoms with E-state index in [9.17, 15) is 9.59 Å². The Kier molecular flexibility index (Phi) is 4.13. The van der Waals surface area contributed by atoms with Gasteiger partial charge >= 0.3 is 12.0 Å². The molecule has 86 valence electrons. The van der Waals surface area contributed by atoms with Crippen LogP contribution >= 0.6 is 11.6 Å². The lowest BCUT2D eigenvalue weighted by Gasteiger charge is -2.07. The van der Waals surface area contributed by atoms with E-state index in [0.29, 0.717) is 12.2 Å². The van der Waals surface area contributed by atoms with Crippen molar-refractivity contribution >= 4 is 29.3 Å². The minimum Gasteiger partial charge on any atom is -0.478 e. The lowest BCUT2D eigenvalue weighted by atomic mass is 10.2. The number of benzene rings is 1. The van der Waals surface area contributed by atoms with Crippen LogP contribution in [0.3, 0.4) is 0 Å². The Balaban J connectivity index is 2.83. The van der Waals surface area contributed by atoms with Crippen LogP contribution in [-0.4, -0.2) is 23.7 Å². The summed E-state index contributed by atoms with van der Waals surface area (Å²) in [6, 6.07) is 3.72. The fourth-order valence-corrected chi connectivity index (χ4v) is 1.30. The molecule has 5 nitrogen and oxygen atoms in total. The van der Waals surface area contributed by atoms with Crippen molar-refractivity contribution in [2.45, 2.75) is 6.92 Å². The Labute approximate surface area is 97.4 Å². The van der Waals surface area contributed by atoms with E-state index >= 15 is 0 Å². The quantitative estimate of drug-likeness (QED) is 0.760. The van der Waals surface area contributed by atoms with E-state index in [0.717, 1.165) is 0 Å². The van der Waals surface area contributed by atoms with Gasteiger partial charge in [-0.05, 0) is 25.1 Å². The highest BCUT2D eigenvalue weighted by atomic mass is 35.5. The van der Waals surface area contributed by atoms with Gasteiger partial charge < -0.3 is 15.7 Å². The van der Waals surface area contributed by atoms with Crippen molar-refractivity contribution < 1.29 is 14.7 Å². The average Bonchev–Trinajstić information content (AvgIpc) is 2.21. The number of hydrogen-bond acceptors (Lipinski definition) is 2. The van der Waals surface area contributed by atoms with Crippen molar-refractivity contribution in [1.29, 1.82) is 0 Å². The van der Waals surface area contributed by atoms with Crippen LogP contribution in [0.25, 0.3) is 0 Å². The zero-order chi connectivity index (χ0) is 12.1. The number of anilines is 1. The number of carbonyl (C=O) groups is 2. The molecule has 0 bridgehead atoms. The Hall–Kier alpha value is -1.75. The highest BCUT2D eigenvalue weighted by molar-refractivity contribution is 6.34. The number of rotatable bonds is 3. The molecule has 2 amide bonds. The zero-order valence-corrected chi connectivity index (χ0v) is 9.34. The minimum atomic E-state index is -1.06. The molecule has 0 saturated heterocycles. The minimum absolute atomic E-state index is 0.0754. The number of aromatic carboxylic acids is 1. The van der Waals surface area contributed by atoms with Crippen LogP contribution in [0.4, 0.5) is 10.5 Å². The molecule has 0 aliphatic carbocycles. The zero-order valence-electron chi connectivity index (χ0n) is 8.58. The van der Waals surface area contributed by atoms with Crippen LogP contribution < -0.4 is 10.6 Å². The third kappa shape index (κ3) is 3.13. The summed E-state index contributed by atoms with van der Waals surface area (Å²) in [5, 5.41) is 13.9. The number of carboxylic acid groups (broad SMARTS) is 1. The van der Waals surface area contributed by atoms with Gasteiger partial charge in [0.25, 0.3) is 0 Å². The van der Waals surface area contributed by atoms with E-state index < -0.39 is 5.97 Å². The Morgan fingerprint density at radius 3 is 2.62 bits per heavy atom. The first-order valence-corrected chi connectivity index (χ1v) is 5.00. The monoisotopic (exact) mass is 242 g/mol. The number of halogens is 1. The number of nitrogens with one attached hydrogen (secondary N) is 2. The van der Waals surface area contributed by atoms with Crippen LogP contribution in [-0.2, 0) is 0 Å². The molecule has 0 radical (unpaired) electrons. The van der Waals surface area contributed by atoms with Crippen LogP contribution in [0.5, 0.6) is 0 Å². The maximum Gasteiger partial charge on any atom is 0.335 e. The molecule has 0 aliphatic rings. The van der Waals surface area contributed by atoms with Gasteiger partial charge in [-0.15, -0.1) is 0 Å². The summed E-state index contributed by atoms with van der Waals surface area (Å²) in [7, 11) is 0. The van der Waals surface area contributed by atoms with Crippen molar-refractivity contribution in [3.63, 3.8) is 0 Å². The fourth-order valence-electron chi connectivity index (χ4n) is 1.08. The molecule has 0 aromatic heterocycles. The summed E-state index contributed by atoms with van der Waals surface area (Å²) in [5.74, 6) is -1.06. The second kappa shape index (κ2) is 5.37. The molecular weight excluding hydrogens is 232 g/mol. The van der Waals surface area contributed by atoms with Gasteiger partial charge in [0.2, 0.25) is 0 Å². The van der Waals surface area contributed by atoms with Gasteiger partial charge in [-0.2, -0.15) is 0 Å². The molecule has 0 heterocycles. The predicted octanol–water partition coefficient (Wildman–Crippen LogP) is 2.18. The molecule has 0 saturated carbocycles. The highest BCUT2D eigenvalue weighted by Crippen LogP contribution is 2.22. The first-order chi connectivity index (χ1) is 7.54. The Morgan fingerprint density at radius 1 is 1.44 bits per heavy atom. The van der Waals surface area contributed by atoms with Crippen LogP contribution in [0.1, 0.15) is 17.3 Å². The van der Waals surface area contributed by atoms with Crippen LogP contribution in [0, 0.1) is 0 Å². The summed E-state index contributed by atoms with van der Waals surface area (Å²) in [6.45, 7) is 2.28. The maximum absolute atomic E-state index is 11.2. The van der Waals surface area contributed by atoms with E-state index in [1.165, 1.54) is 18.2 Å². The summed E-state index contributed by atoms with van der Waals surface area (Å²) < 4.78 is 0. The second-order valence-electron chi connectivity index (χ2n) is 2.98. The lowest BCUT2D eigenvalue weighted by molar-refractivity contribution is 0.0697. The molecule has 16 heavy (non-hydrogen) atoms. The van der Waals surface area contributed by atoms with Gasteiger partial charge in [0.05, 0.1) is 16.3 Å². The van der Waals surface area contributed by atoms with Crippen LogP contribution in [0.2, 0.25) is 5.02 Å². The van der Waals surface area contributed by atoms with Crippen LogP contribution in [0.15, 0.2) is 18.2 Å². The van der Waals surface area contributed by atoms with E-state index in [4.69, 9.17) is 16.7 Å². The van der Waals surface area contributed by atoms with Gasteiger partial charge in [-0.3, -0.25) is 0 Å². The van der Waals surface area contributed by atoms with Crippen molar-refractivity contribution in [1.82, 2.24) is 5.32 Å². The molecule has 0 atom stereocenters. The molecule has 0 fully saturated rings. The number of hydrogen-bond donors (Lipinski definition) is 3. The SMILES string of the molecule is CCNC(=O)Nc1ccc(C(=O)O)cc1Cl. The van der Waals surface area contributed by atoms with Gasteiger partial charge in [0.1, 0.15) is 0 Å². The Bertz CT molecular complexity index is 421. The first kappa shape index (κ1) is 12.3. The molecule has 1 aromatic carbocycles. The molecule has 6 heteroatoms. The fraction of sp³-hybridized carbons (Fsp3) is 0.200.